The molecule has 2 aromatic rings. The second-order valence-corrected chi connectivity index (χ2v) is 8.91. The van der Waals surface area contributed by atoms with Crippen molar-refractivity contribution in [3.8, 4) is 5.75 Å². The Balaban J connectivity index is 0.00000133. The number of aryl methyl sites for hydroxylation is 1. The van der Waals surface area contributed by atoms with Crippen LogP contribution in [0, 0.1) is 13.8 Å². The van der Waals surface area contributed by atoms with Crippen molar-refractivity contribution < 1.29 is 23.9 Å². The van der Waals surface area contributed by atoms with Gasteiger partial charge in [0.1, 0.15) is 12.0 Å². The van der Waals surface area contributed by atoms with Crippen molar-refractivity contribution in [2.24, 2.45) is 0 Å². The van der Waals surface area contributed by atoms with Crippen LogP contribution in [0.1, 0.15) is 65.1 Å². The third kappa shape index (κ3) is 8.67. The molecular formula is C28H34O5S. The molecule has 0 aliphatic carbocycles. The molecule has 5 nitrogen and oxygen atoms in total. The van der Waals surface area contributed by atoms with Gasteiger partial charge in [0.05, 0.1) is 17.8 Å². The van der Waals surface area contributed by atoms with Crippen molar-refractivity contribution >= 4 is 35.9 Å². The zero-order valence-corrected chi connectivity index (χ0v) is 21.8. The number of aldehydes is 1. The predicted molar refractivity (Wildman–Crippen MR) is 140 cm³/mol. The zero-order valence-electron chi connectivity index (χ0n) is 21.0. The summed E-state index contributed by atoms with van der Waals surface area (Å²) in [5.74, 6) is 0.138. The molecule has 0 heterocycles. The van der Waals surface area contributed by atoms with Crippen LogP contribution in [0.15, 0.2) is 54.0 Å². The Bertz CT molecular complexity index is 1030. The van der Waals surface area contributed by atoms with E-state index in [1.807, 2.05) is 78.1 Å². The van der Waals surface area contributed by atoms with E-state index in [0.717, 1.165) is 16.0 Å². The van der Waals surface area contributed by atoms with E-state index in [1.54, 1.807) is 23.9 Å². The minimum Gasteiger partial charge on any atom is -0.490 e. The SMILES string of the molecule is C=CC=O.CSc1ccc(C(=O)C=Cc2cc(C)c(C(=O)OC(C)C)c(C)c2OC(C)C)cc1. The first-order chi connectivity index (χ1) is 16.0. The van der Waals surface area contributed by atoms with Gasteiger partial charge in [-0.15, -0.1) is 11.8 Å². The number of hydrogen-bond acceptors (Lipinski definition) is 6. The topological polar surface area (TPSA) is 69.7 Å². The molecule has 0 aliphatic rings. The van der Waals surface area contributed by atoms with E-state index in [-0.39, 0.29) is 24.0 Å². The molecule has 0 spiro atoms. The Morgan fingerprint density at radius 1 is 1.03 bits per heavy atom. The summed E-state index contributed by atoms with van der Waals surface area (Å²) in [6, 6.07) is 9.38. The summed E-state index contributed by atoms with van der Waals surface area (Å²) >= 11 is 1.63. The molecule has 0 fully saturated rings. The highest BCUT2D eigenvalue weighted by Crippen LogP contribution is 2.32. The monoisotopic (exact) mass is 482 g/mol. The summed E-state index contributed by atoms with van der Waals surface area (Å²) in [7, 11) is 0. The van der Waals surface area contributed by atoms with Gasteiger partial charge in [0.25, 0.3) is 0 Å². The number of allylic oxidation sites excluding steroid dienone is 2. The third-order valence-corrected chi connectivity index (χ3v) is 5.27. The largest absolute Gasteiger partial charge is 0.490 e. The molecule has 0 atom stereocenters. The molecule has 182 valence electrons. The first kappa shape index (κ1) is 28.9. The molecule has 0 saturated carbocycles. The van der Waals surface area contributed by atoms with Crippen LogP contribution in [0.2, 0.25) is 0 Å². The number of carbonyl (C=O) groups excluding carboxylic acids is 3. The number of ketones is 1. The van der Waals surface area contributed by atoms with Crippen LogP contribution in [0.25, 0.3) is 6.08 Å². The van der Waals surface area contributed by atoms with Crippen molar-refractivity contribution in [2.45, 2.75) is 58.6 Å². The van der Waals surface area contributed by atoms with Gasteiger partial charge in [0.2, 0.25) is 0 Å². The van der Waals surface area contributed by atoms with Gasteiger partial charge < -0.3 is 9.47 Å². The lowest BCUT2D eigenvalue weighted by molar-refractivity contribution is -0.104. The first-order valence-corrected chi connectivity index (χ1v) is 12.2. The molecule has 0 bridgehead atoms. The van der Waals surface area contributed by atoms with E-state index < -0.39 is 0 Å². The molecule has 0 aromatic heterocycles. The molecule has 0 aliphatic heterocycles. The second kappa shape index (κ2) is 14.2. The minimum atomic E-state index is -0.367. The highest BCUT2D eigenvalue weighted by Gasteiger charge is 2.21. The van der Waals surface area contributed by atoms with E-state index in [2.05, 4.69) is 6.58 Å². The number of thioether (sulfide) groups is 1. The van der Waals surface area contributed by atoms with E-state index in [4.69, 9.17) is 14.3 Å². The van der Waals surface area contributed by atoms with Crippen molar-refractivity contribution in [1.29, 1.82) is 0 Å². The van der Waals surface area contributed by atoms with E-state index in [9.17, 15) is 9.59 Å². The lowest BCUT2D eigenvalue weighted by Gasteiger charge is -2.20. The lowest BCUT2D eigenvalue weighted by Crippen LogP contribution is -2.16. The second-order valence-electron chi connectivity index (χ2n) is 8.03. The zero-order chi connectivity index (χ0) is 25.8. The Morgan fingerprint density at radius 3 is 2.09 bits per heavy atom. The van der Waals surface area contributed by atoms with E-state index >= 15 is 0 Å². The number of carbonyl (C=O) groups is 3. The van der Waals surface area contributed by atoms with Crippen LogP contribution >= 0.6 is 11.8 Å². The lowest BCUT2D eigenvalue weighted by atomic mass is 9.96. The van der Waals surface area contributed by atoms with Crippen molar-refractivity contribution in [1.82, 2.24) is 0 Å². The number of esters is 1. The van der Waals surface area contributed by atoms with Crippen molar-refractivity contribution in [3.63, 3.8) is 0 Å². The van der Waals surface area contributed by atoms with Crippen LogP contribution in [0.3, 0.4) is 0 Å². The molecule has 2 aromatic carbocycles. The quantitative estimate of drug-likeness (QED) is 0.131. The summed E-state index contributed by atoms with van der Waals surface area (Å²) in [6.07, 6.45) is 6.84. The molecule has 0 radical (unpaired) electrons. The van der Waals surface area contributed by atoms with Gasteiger partial charge in [-0.25, -0.2) is 4.79 Å². The molecule has 0 N–H and O–H groups in total. The number of ether oxygens (including phenoxy) is 2. The van der Waals surface area contributed by atoms with Gasteiger partial charge in [-0.1, -0.05) is 6.58 Å². The summed E-state index contributed by atoms with van der Waals surface area (Å²) in [5.41, 5.74) is 3.39. The van der Waals surface area contributed by atoms with Crippen molar-refractivity contribution in [3.05, 3.63) is 76.9 Å². The Labute approximate surface area is 207 Å². The fourth-order valence-corrected chi connectivity index (χ4v) is 3.52. The van der Waals surface area contributed by atoms with Crippen LogP contribution in [-0.4, -0.2) is 36.5 Å². The summed E-state index contributed by atoms with van der Waals surface area (Å²) in [6.45, 7) is 14.3. The summed E-state index contributed by atoms with van der Waals surface area (Å²) in [5, 5.41) is 0. The van der Waals surface area contributed by atoms with Gasteiger partial charge in [-0.3, -0.25) is 9.59 Å². The average Bonchev–Trinajstić information content (AvgIpc) is 2.79. The summed E-state index contributed by atoms with van der Waals surface area (Å²) in [4.78, 5) is 35.4. The smallest absolute Gasteiger partial charge is 0.339 e. The Morgan fingerprint density at radius 2 is 1.62 bits per heavy atom. The fourth-order valence-electron chi connectivity index (χ4n) is 3.12. The maximum absolute atomic E-state index is 12.6. The number of rotatable bonds is 9. The van der Waals surface area contributed by atoms with Crippen LogP contribution < -0.4 is 4.74 Å². The average molecular weight is 483 g/mol. The van der Waals surface area contributed by atoms with Crippen LogP contribution in [0.5, 0.6) is 5.75 Å². The highest BCUT2D eigenvalue weighted by molar-refractivity contribution is 7.98. The maximum Gasteiger partial charge on any atom is 0.339 e. The molecule has 34 heavy (non-hydrogen) atoms. The molecule has 0 saturated heterocycles. The number of benzene rings is 2. The van der Waals surface area contributed by atoms with E-state index in [1.165, 1.54) is 6.08 Å². The number of hydrogen-bond donors (Lipinski definition) is 0. The fraction of sp³-hybridized carbons (Fsp3) is 0.321. The predicted octanol–water partition coefficient (Wildman–Crippen LogP) is 6.65. The molecule has 0 amide bonds. The van der Waals surface area contributed by atoms with Crippen molar-refractivity contribution in [2.75, 3.05) is 6.26 Å². The van der Waals surface area contributed by atoms with Gasteiger partial charge in [0.15, 0.2) is 5.78 Å². The van der Waals surface area contributed by atoms with E-state index in [0.29, 0.717) is 28.7 Å². The Kier molecular flexibility index (Phi) is 12.1. The standard InChI is InChI=1S/C25H30O4S.C3H4O/c1-15(2)28-24-18(6)23(25(27)29-16(3)4)17(5)14-20(24)10-13-22(26)19-8-11-21(30-7)12-9-19;1-2-3-4/h8-16H,1-7H3;2-3H,1H2. The van der Waals surface area contributed by atoms with Crippen LogP contribution in [0.4, 0.5) is 0 Å². The maximum atomic E-state index is 12.6. The first-order valence-electron chi connectivity index (χ1n) is 11.0. The third-order valence-electron chi connectivity index (χ3n) is 4.53. The highest BCUT2D eigenvalue weighted by atomic mass is 32.2. The Hall–Kier alpha value is -3.12. The molecular weight excluding hydrogens is 448 g/mol. The van der Waals surface area contributed by atoms with Gasteiger partial charge >= 0.3 is 5.97 Å². The van der Waals surface area contributed by atoms with Gasteiger partial charge in [-0.2, -0.15) is 0 Å². The molecule has 2 rings (SSSR count). The molecule has 0 unspecified atom stereocenters. The minimum absolute atomic E-state index is 0.0812. The normalized spacial score (nSPS) is 10.6. The summed E-state index contributed by atoms with van der Waals surface area (Å²) < 4.78 is 11.4. The van der Waals surface area contributed by atoms with Crippen LogP contribution in [-0.2, 0) is 9.53 Å². The molecule has 6 heteroatoms. The van der Waals surface area contributed by atoms with Gasteiger partial charge in [-0.05, 0) is 102 Å². The van der Waals surface area contributed by atoms with Gasteiger partial charge in [0, 0.05) is 21.6 Å².